The van der Waals surface area contributed by atoms with Gasteiger partial charge in [0.1, 0.15) is 5.69 Å². The van der Waals surface area contributed by atoms with Crippen molar-refractivity contribution in [2.45, 2.75) is 19.8 Å². The minimum atomic E-state index is -0.211. The quantitative estimate of drug-likeness (QED) is 0.762. The molecule has 1 aromatic heterocycles. The van der Waals surface area contributed by atoms with Crippen LogP contribution >= 0.6 is 11.3 Å². The van der Waals surface area contributed by atoms with Crippen LogP contribution in [0, 0.1) is 0 Å². The molecule has 1 heterocycles. The number of rotatable bonds is 5. The first-order valence-corrected chi connectivity index (χ1v) is 5.49. The molecule has 4 nitrogen and oxygen atoms in total. The van der Waals surface area contributed by atoms with Crippen molar-refractivity contribution in [3.05, 3.63) is 16.1 Å². The molecular formula is C9H14N2O2S. The van der Waals surface area contributed by atoms with Crippen LogP contribution in [0.1, 0.15) is 28.8 Å². The second kappa shape index (κ2) is 5.72. The largest absolute Gasteiger partial charge is 0.395 e. The van der Waals surface area contributed by atoms with Crippen LogP contribution < -0.4 is 5.32 Å². The van der Waals surface area contributed by atoms with E-state index in [2.05, 4.69) is 17.2 Å². The Kier molecular flexibility index (Phi) is 4.55. The second-order valence-corrected chi connectivity index (χ2v) is 3.80. The number of carbonyl (C=O) groups excluding carboxylic acids is 1. The van der Waals surface area contributed by atoms with Gasteiger partial charge in [0.25, 0.3) is 5.91 Å². The van der Waals surface area contributed by atoms with Gasteiger partial charge in [-0.3, -0.25) is 4.79 Å². The first-order chi connectivity index (χ1) is 6.77. The highest BCUT2D eigenvalue weighted by atomic mass is 32.1. The molecule has 0 fully saturated rings. The van der Waals surface area contributed by atoms with Crippen molar-refractivity contribution in [1.29, 1.82) is 0 Å². The second-order valence-electron chi connectivity index (χ2n) is 2.86. The zero-order valence-electron chi connectivity index (χ0n) is 8.12. The van der Waals surface area contributed by atoms with E-state index >= 15 is 0 Å². The molecule has 14 heavy (non-hydrogen) atoms. The van der Waals surface area contributed by atoms with Gasteiger partial charge in [-0.15, -0.1) is 11.3 Å². The Hall–Kier alpha value is -0.940. The fraction of sp³-hybridized carbons (Fsp3) is 0.556. The maximum atomic E-state index is 11.3. The molecule has 1 amide bonds. The maximum Gasteiger partial charge on any atom is 0.270 e. The lowest BCUT2D eigenvalue weighted by Crippen LogP contribution is -2.26. The number of carbonyl (C=O) groups is 1. The van der Waals surface area contributed by atoms with Crippen LogP contribution in [-0.4, -0.2) is 29.1 Å². The molecule has 0 aromatic carbocycles. The standard InChI is InChI=1S/C9H14N2O2S/c1-2-3-8-11-7(6-14-8)9(13)10-4-5-12/h6,12H,2-5H2,1H3,(H,10,13). The molecule has 1 rings (SSSR count). The minimum Gasteiger partial charge on any atom is -0.395 e. The summed E-state index contributed by atoms with van der Waals surface area (Å²) in [5, 5.41) is 13.8. The Morgan fingerprint density at radius 3 is 3.14 bits per heavy atom. The molecule has 5 heteroatoms. The van der Waals surface area contributed by atoms with E-state index < -0.39 is 0 Å². The van der Waals surface area contributed by atoms with E-state index in [0.717, 1.165) is 17.8 Å². The van der Waals surface area contributed by atoms with Gasteiger partial charge in [-0.2, -0.15) is 0 Å². The summed E-state index contributed by atoms with van der Waals surface area (Å²) in [6.07, 6.45) is 1.95. The van der Waals surface area contributed by atoms with Gasteiger partial charge in [0.2, 0.25) is 0 Å². The Morgan fingerprint density at radius 1 is 1.71 bits per heavy atom. The zero-order chi connectivity index (χ0) is 10.4. The number of aromatic nitrogens is 1. The van der Waals surface area contributed by atoms with Gasteiger partial charge >= 0.3 is 0 Å². The smallest absolute Gasteiger partial charge is 0.270 e. The third kappa shape index (κ3) is 3.08. The highest BCUT2D eigenvalue weighted by Gasteiger charge is 2.08. The van der Waals surface area contributed by atoms with Crippen LogP contribution in [0.15, 0.2) is 5.38 Å². The summed E-state index contributed by atoms with van der Waals surface area (Å²) in [5.41, 5.74) is 0.451. The van der Waals surface area contributed by atoms with Crippen LogP contribution in [0.2, 0.25) is 0 Å². The predicted molar refractivity (Wildman–Crippen MR) is 55.5 cm³/mol. The summed E-state index contributed by atoms with van der Waals surface area (Å²) in [6.45, 7) is 2.31. The van der Waals surface area contributed by atoms with Crippen molar-refractivity contribution in [1.82, 2.24) is 10.3 Å². The third-order valence-electron chi connectivity index (χ3n) is 1.65. The number of nitrogens with one attached hydrogen (secondary N) is 1. The van der Waals surface area contributed by atoms with Gasteiger partial charge in [-0.1, -0.05) is 6.92 Å². The van der Waals surface area contributed by atoms with E-state index in [1.165, 1.54) is 11.3 Å². The van der Waals surface area contributed by atoms with Crippen LogP contribution in [0.3, 0.4) is 0 Å². The summed E-state index contributed by atoms with van der Waals surface area (Å²) in [7, 11) is 0. The van der Waals surface area contributed by atoms with E-state index in [1.807, 2.05) is 0 Å². The summed E-state index contributed by atoms with van der Waals surface area (Å²) < 4.78 is 0. The molecule has 0 radical (unpaired) electrons. The number of thiazole rings is 1. The third-order valence-corrected chi connectivity index (χ3v) is 2.55. The van der Waals surface area contributed by atoms with Gasteiger partial charge in [-0.25, -0.2) is 4.98 Å². The lowest BCUT2D eigenvalue weighted by atomic mass is 10.3. The van der Waals surface area contributed by atoms with Gasteiger partial charge < -0.3 is 10.4 Å². The Balaban J connectivity index is 2.53. The Morgan fingerprint density at radius 2 is 2.50 bits per heavy atom. The number of amides is 1. The lowest BCUT2D eigenvalue weighted by molar-refractivity contribution is 0.0940. The number of hydrogen-bond acceptors (Lipinski definition) is 4. The van der Waals surface area contributed by atoms with E-state index in [0.29, 0.717) is 5.69 Å². The molecule has 0 aliphatic carbocycles. The first-order valence-electron chi connectivity index (χ1n) is 4.61. The molecule has 78 valence electrons. The van der Waals surface area contributed by atoms with Gasteiger partial charge in [-0.05, 0) is 12.8 Å². The summed E-state index contributed by atoms with van der Waals surface area (Å²) >= 11 is 1.50. The zero-order valence-corrected chi connectivity index (χ0v) is 8.93. The van der Waals surface area contributed by atoms with Crippen LogP contribution in [-0.2, 0) is 6.42 Å². The summed E-state index contributed by atoms with van der Waals surface area (Å²) in [6, 6.07) is 0. The summed E-state index contributed by atoms with van der Waals surface area (Å²) in [5.74, 6) is -0.211. The van der Waals surface area contributed by atoms with E-state index in [1.54, 1.807) is 5.38 Å². The molecule has 0 spiro atoms. The monoisotopic (exact) mass is 214 g/mol. The molecule has 2 N–H and O–H groups in total. The van der Waals surface area contributed by atoms with E-state index in [4.69, 9.17) is 5.11 Å². The molecule has 0 bridgehead atoms. The SMILES string of the molecule is CCCc1nc(C(=O)NCCO)cs1. The normalized spacial score (nSPS) is 10.1. The Labute approximate surface area is 87.0 Å². The average molecular weight is 214 g/mol. The lowest BCUT2D eigenvalue weighted by Gasteiger charge is -1.98. The van der Waals surface area contributed by atoms with Crippen molar-refractivity contribution >= 4 is 17.2 Å². The topological polar surface area (TPSA) is 62.2 Å². The highest BCUT2D eigenvalue weighted by Crippen LogP contribution is 2.11. The van der Waals surface area contributed by atoms with Crippen LogP contribution in [0.4, 0.5) is 0 Å². The summed E-state index contributed by atoms with van der Waals surface area (Å²) in [4.78, 5) is 15.5. The molecule has 0 aliphatic rings. The predicted octanol–water partition coefficient (Wildman–Crippen LogP) is 0.818. The van der Waals surface area contributed by atoms with Crippen molar-refractivity contribution in [3.63, 3.8) is 0 Å². The van der Waals surface area contributed by atoms with Crippen molar-refractivity contribution in [3.8, 4) is 0 Å². The fourth-order valence-corrected chi connectivity index (χ4v) is 1.88. The molecule has 0 atom stereocenters. The number of aliphatic hydroxyl groups excluding tert-OH is 1. The number of nitrogens with zero attached hydrogens (tertiary/aromatic N) is 1. The van der Waals surface area contributed by atoms with Gasteiger partial charge in [0.15, 0.2) is 0 Å². The molecule has 0 aliphatic heterocycles. The van der Waals surface area contributed by atoms with Gasteiger partial charge in [0.05, 0.1) is 11.6 Å². The fourth-order valence-electron chi connectivity index (χ4n) is 1.00. The van der Waals surface area contributed by atoms with Crippen molar-refractivity contribution < 1.29 is 9.90 Å². The molecule has 0 unspecified atom stereocenters. The van der Waals surface area contributed by atoms with E-state index in [-0.39, 0.29) is 19.1 Å². The highest BCUT2D eigenvalue weighted by molar-refractivity contribution is 7.09. The Bertz CT molecular complexity index is 299. The molecule has 0 saturated heterocycles. The van der Waals surface area contributed by atoms with E-state index in [9.17, 15) is 4.79 Å². The number of aryl methyl sites for hydroxylation is 1. The van der Waals surface area contributed by atoms with Crippen LogP contribution in [0.25, 0.3) is 0 Å². The minimum absolute atomic E-state index is 0.0440. The average Bonchev–Trinajstić information content (AvgIpc) is 2.63. The molecule has 0 saturated carbocycles. The van der Waals surface area contributed by atoms with Crippen molar-refractivity contribution in [2.24, 2.45) is 0 Å². The first kappa shape index (κ1) is 11.1. The van der Waals surface area contributed by atoms with Crippen LogP contribution in [0.5, 0.6) is 0 Å². The number of aliphatic hydroxyl groups is 1. The number of hydrogen-bond donors (Lipinski definition) is 2. The maximum absolute atomic E-state index is 11.3. The molecule has 1 aromatic rings. The molecular weight excluding hydrogens is 200 g/mol. The van der Waals surface area contributed by atoms with Crippen molar-refractivity contribution in [2.75, 3.05) is 13.2 Å². The van der Waals surface area contributed by atoms with Gasteiger partial charge in [0, 0.05) is 11.9 Å².